The van der Waals surface area contributed by atoms with Crippen LogP contribution < -0.4 is 9.54 Å². The van der Waals surface area contributed by atoms with Crippen molar-refractivity contribution in [1.82, 2.24) is 4.68 Å². The Hall–Kier alpha value is -2.38. The number of aromatic hydroxyl groups is 1. The normalized spacial score (nSPS) is 12.2. The van der Waals surface area contributed by atoms with Gasteiger partial charge in [0.25, 0.3) is 0 Å². The first-order valence-corrected chi connectivity index (χ1v) is 9.15. The van der Waals surface area contributed by atoms with Crippen molar-refractivity contribution in [2.24, 2.45) is 10.1 Å². The number of hydrogen-bond donors (Lipinski definition) is 1. The van der Waals surface area contributed by atoms with Crippen LogP contribution in [0.2, 0.25) is 0 Å². The second kappa shape index (κ2) is 7.46. The van der Waals surface area contributed by atoms with Crippen LogP contribution >= 0.6 is 22.7 Å². The maximum absolute atomic E-state index is 10.0. The molecule has 124 valence electrons. The molecule has 0 saturated carbocycles. The third-order valence-corrected chi connectivity index (χ3v) is 5.05. The minimum Gasteiger partial charge on any atom is -0.507 e. The van der Waals surface area contributed by atoms with E-state index in [-0.39, 0.29) is 5.75 Å². The first kappa shape index (κ1) is 16.5. The zero-order valence-corrected chi connectivity index (χ0v) is 15.0. The third kappa shape index (κ3) is 3.42. The van der Waals surface area contributed by atoms with Gasteiger partial charge in [0.05, 0.1) is 23.9 Å². The fourth-order valence-electron chi connectivity index (χ4n) is 2.13. The topological polar surface area (TPSA) is 59.1 Å². The fraction of sp³-hybridized carbons (Fsp3) is 0.176. The van der Waals surface area contributed by atoms with E-state index in [2.05, 4.69) is 16.2 Å². The third-order valence-electron chi connectivity index (χ3n) is 3.30. The summed E-state index contributed by atoms with van der Waals surface area (Å²) >= 11 is 3.20. The summed E-state index contributed by atoms with van der Waals surface area (Å²) in [7, 11) is 1.59. The average Bonchev–Trinajstić information content (AvgIpc) is 3.24. The van der Waals surface area contributed by atoms with Crippen molar-refractivity contribution in [3.63, 3.8) is 0 Å². The molecular formula is C17H17N3O2S2. The summed E-state index contributed by atoms with van der Waals surface area (Å²) in [5.41, 5.74) is 1.58. The van der Waals surface area contributed by atoms with Gasteiger partial charge in [-0.15, -0.1) is 22.7 Å². The number of phenols is 1. The summed E-state index contributed by atoms with van der Waals surface area (Å²) in [5, 5.41) is 18.6. The van der Waals surface area contributed by atoms with Crippen LogP contribution in [0.1, 0.15) is 12.5 Å². The van der Waals surface area contributed by atoms with Crippen LogP contribution in [-0.4, -0.2) is 29.7 Å². The van der Waals surface area contributed by atoms with E-state index in [9.17, 15) is 5.11 Å². The number of rotatable bonds is 5. The molecule has 0 saturated heterocycles. The Morgan fingerprint density at radius 3 is 2.88 bits per heavy atom. The molecule has 0 aliphatic heterocycles. The van der Waals surface area contributed by atoms with Crippen LogP contribution in [0.15, 0.2) is 51.2 Å². The molecule has 0 fully saturated rings. The highest BCUT2D eigenvalue weighted by Gasteiger charge is 2.08. The SMILES string of the molecule is CCN=c1scc(-c2cccs2)n1/N=C/c1cc(OC)ccc1O. The first-order chi connectivity index (χ1) is 11.7. The molecule has 0 radical (unpaired) electrons. The van der Waals surface area contributed by atoms with E-state index in [1.54, 1.807) is 58.9 Å². The van der Waals surface area contributed by atoms with E-state index in [1.165, 1.54) is 0 Å². The number of phenolic OH excluding ortho intramolecular Hbond substituents is 1. The van der Waals surface area contributed by atoms with Gasteiger partial charge < -0.3 is 9.84 Å². The van der Waals surface area contributed by atoms with Crippen molar-refractivity contribution >= 4 is 28.9 Å². The lowest BCUT2D eigenvalue weighted by Crippen LogP contribution is -2.12. The predicted molar refractivity (Wildman–Crippen MR) is 99.4 cm³/mol. The minimum atomic E-state index is 0.155. The molecule has 5 nitrogen and oxygen atoms in total. The summed E-state index contributed by atoms with van der Waals surface area (Å²) in [5.74, 6) is 0.823. The number of thiophene rings is 1. The van der Waals surface area contributed by atoms with Crippen molar-refractivity contribution in [1.29, 1.82) is 0 Å². The Kier molecular flexibility index (Phi) is 5.12. The largest absolute Gasteiger partial charge is 0.507 e. The van der Waals surface area contributed by atoms with Gasteiger partial charge in [0.1, 0.15) is 11.5 Å². The number of methoxy groups -OCH3 is 1. The molecule has 0 aliphatic rings. The lowest BCUT2D eigenvalue weighted by molar-refractivity contribution is 0.412. The summed E-state index contributed by atoms with van der Waals surface area (Å²) < 4.78 is 7.00. The lowest BCUT2D eigenvalue weighted by Gasteiger charge is -2.04. The number of hydrogen-bond acceptors (Lipinski definition) is 6. The summed E-state index contributed by atoms with van der Waals surface area (Å²) in [6.07, 6.45) is 1.62. The Labute approximate surface area is 147 Å². The molecule has 3 aromatic rings. The number of benzene rings is 1. The number of thiazole rings is 1. The van der Waals surface area contributed by atoms with Gasteiger partial charge in [-0.1, -0.05) is 6.07 Å². The molecule has 0 spiro atoms. The molecule has 0 atom stereocenters. The Morgan fingerprint density at radius 1 is 1.29 bits per heavy atom. The molecule has 3 rings (SSSR count). The van der Waals surface area contributed by atoms with E-state index >= 15 is 0 Å². The molecule has 2 aromatic heterocycles. The zero-order valence-electron chi connectivity index (χ0n) is 13.3. The van der Waals surface area contributed by atoms with E-state index in [0.717, 1.165) is 15.4 Å². The second-order valence-corrected chi connectivity index (χ2v) is 6.62. The van der Waals surface area contributed by atoms with Gasteiger partial charge in [-0.25, -0.2) is 4.68 Å². The molecule has 1 N–H and O–H groups in total. The van der Waals surface area contributed by atoms with Gasteiger partial charge in [-0.2, -0.15) is 5.10 Å². The van der Waals surface area contributed by atoms with Crippen LogP contribution in [0.3, 0.4) is 0 Å². The number of nitrogens with zero attached hydrogens (tertiary/aromatic N) is 3. The van der Waals surface area contributed by atoms with E-state index < -0.39 is 0 Å². The van der Waals surface area contributed by atoms with Crippen molar-refractivity contribution in [3.05, 3.63) is 51.5 Å². The standard InChI is InChI=1S/C17H17N3O2S2/c1-3-18-17-20(14(11-24-17)16-5-4-8-23-16)19-10-12-9-13(22-2)6-7-15(12)21/h4-11,21H,3H2,1-2H3/b18-17?,19-10+. The Bertz CT molecular complexity index is 908. The van der Waals surface area contributed by atoms with Gasteiger partial charge in [0.15, 0.2) is 0 Å². The fourth-order valence-corrected chi connectivity index (χ4v) is 3.83. The van der Waals surface area contributed by atoms with Gasteiger partial charge in [0.2, 0.25) is 4.80 Å². The molecule has 2 heterocycles. The number of aromatic nitrogens is 1. The van der Waals surface area contributed by atoms with Crippen LogP contribution in [0, 0.1) is 0 Å². The molecule has 0 amide bonds. The Morgan fingerprint density at radius 2 is 2.17 bits per heavy atom. The highest BCUT2D eigenvalue weighted by atomic mass is 32.1. The smallest absolute Gasteiger partial charge is 0.206 e. The van der Waals surface area contributed by atoms with Crippen LogP contribution in [0.4, 0.5) is 0 Å². The van der Waals surface area contributed by atoms with Gasteiger partial charge in [-0.05, 0) is 36.6 Å². The van der Waals surface area contributed by atoms with Crippen LogP contribution in [0.25, 0.3) is 10.6 Å². The maximum Gasteiger partial charge on any atom is 0.206 e. The maximum atomic E-state index is 10.0. The lowest BCUT2D eigenvalue weighted by atomic mass is 10.2. The molecular weight excluding hydrogens is 342 g/mol. The molecule has 1 aromatic carbocycles. The second-order valence-electron chi connectivity index (χ2n) is 4.84. The molecule has 0 unspecified atom stereocenters. The first-order valence-electron chi connectivity index (χ1n) is 7.39. The molecule has 7 heteroatoms. The summed E-state index contributed by atoms with van der Waals surface area (Å²) in [6, 6.07) is 9.11. The summed E-state index contributed by atoms with van der Waals surface area (Å²) in [6.45, 7) is 2.68. The quantitative estimate of drug-likeness (QED) is 0.705. The Balaban J connectivity index is 2.06. The average molecular weight is 359 g/mol. The van der Waals surface area contributed by atoms with Crippen molar-refractivity contribution < 1.29 is 9.84 Å². The molecule has 24 heavy (non-hydrogen) atoms. The highest BCUT2D eigenvalue weighted by molar-refractivity contribution is 7.14. The van der Waals surface area contributed by atoms with E-state index in [0.29, 0.717) is 17.9 Å². The molecule has 0 bridgehead atoms. The van der Waals surface area contributed by atoms with Crippen molar-refractivity contribution in [2.45, 2.75) is 6.92 Å². The minimum absolute atomic E-state index is 0.155. The predicted octanol–water partition coefficient (Wildman–Crippen LogP) is 3.80. The highest BCUT2D eigenvalue weighted by Crippen LogP contribution is 2.25. The van der Waals surface area contributed by atoms with Gasteiger partial charge >= 0.3 is 0 Å². The van der Waals surface area contributed by atoms with E-state index in [1.807, 2.05) is 23.8 Å². The molecule has 0 aliphatic carbocycles. The van der Waals surface area contributed by atoms with Gasteiger partial charge in [-0.3, -0.25) is 4.99 Å². The van der Waals surface area contributed by atoms with E-state index in [4.69, 9.17) is 4.74 Å². The van der Waals surface area contributed by atoms with Crippen LogP contribution in [0.5, 0.6) is 11.5 Å². The zero-order chi connectivity index (χ0) is 16.9. The number of ether oxygens (including phenoxy) is 1. The monoisotopic (exact) mass is 359 g/mol. The van der Waals surface area contributed by atoms with Crippen molar-refractivity contribution in [3.8, 4) is 22.1 Å². The van der Waals surface area contributed by atoms with Crippen LogP contribution in [-0.2, 0) is 0 Å². The summed E-state index contributed by atoms with van der Waals surface area (Å²) in [4.78, 5) is 6.43. The van der Waals surface area contributed by atoms with Gasteiger partial charge in [0, 0.05) is 17.5 Å². The van der Waals surface area contributed by atoms with Crippen molar-refractivity contribution in [2.75, 3.05) is 13.7 Å².